The Kier molecular flexibility index (Phi) is 9.01. The van der Waals surface area contributed by atoms with Crippen LogP contribution in [0.1, 0.15) is 51.9 Å². The Morgan fingerprint density at radius 1 is 1.06 bits per heavy atom. The van der Waals surface area contributed by atoms with Crippen LogP contribution in [-0.4, -0.2) is 69.1 Å². The molecule has 2 unspecified atom stereocenters. The summed E-state index contributed by atoms with van der Waals surface area (Å²) in [4.78, 5) is 26.8. The Bertz CT molecular complexity index is 818. The molecule has 1 saturated heterocycles. The number of carbonyl (C=O) groups excluding carboxylic acids is 2. The first kappa shape index (κ1) is 27.6. The van der Waals surface area contributed by atoms with Gasteiger partial charge in [0.05, 0.1) is 12.1 Å². The summed E-state index contributed by atoms with van der Waals surface area (Å²) in [6.07, 6.45) is -0.562. The maximum Gasteiger partial charge on any atom is 0.407 e. The van der Waals surface area contributed by atoms with Gasteiger partial charge < -0.3 is 24.7 Å². The zero-order valence-corrected chi connectivity index (χ0v) is 23.0. The summed E-state index contributed by atoms with van der Waals surface area (Å²) in [6.45, 7) is 18.6. The minimum Gasteiger partial charge on any atom is -0.444 e. The molecular weight excluding hydrogens is 458 g/mol. The first-order chi connectivity index (χ1) is 15.1. The van der Waals surface area contributed by atoms with Crippen LogP contribution in [0.15, 0.2) is 24.3 Å². The highest BCUT2D eigenvalue weighted by Gasteiger charge is 2.44. The van der Waals surface area contributed by atoms with Crippen molar-refractivity contribution in [2.75, 3.05) is 26.2 Å². The van der Waals surface area contributed by atoms with Gasteiger partial charge in [0.15, 0.2) is 8.32 Å². The predicted octanol–water partition coefficient (Wildman–Crippen LogP) is 4.67. The van der Waals surface area contributed by atoms with Crippen molar-refractivity contribution in [1.29, 1.82) is 0 Å². The molecule has 0 aromatic heterocycles. The monoisotopic (exact) mass is 497 g/mol. The topological polar surface area (TPSA) is 79.9 Å². The van der Waals surface area contributed by atoms with Crippen molar-refractivity contribution in [3.8, 4) is 0 Å². The van der Waals surface area contributed by atoms with Gasteiger partial charge in [-0.2, -0.15) is 0 Å². The molecule has 0 bridgehead atoms. The average Bonchev–Trinajstić information content (AvgIpc) is 3.05. The molecule has 1 aliphatic rings. The maximum absolute atomic E-state index is 13.1. The van der Waals surface area contributed by atoms with Crippen LogP contribution in [-0.2, 0) is 9.16 Å². The molecule has 33 heavy (non-hydrogen) atoms. The number of amides is 2. The second kappa shape index (κ2) is 10.8. The lowest BCUT2D eigenvalue weighted by Crippen LogP contribution is -2.51. The van der Waals surface area contributed by atoms with E-state index in [1.54, 1.807) is 24.3 Å². The maximum atomic E-state index is 13.1. The van der Waals surface area contributed by atoms with Crippen LogP contribution in [0, 0.1) is 0 Å². The Morgan fingerprint density at radius 3 is 2.21 bits per heavy atom. The van der Waals surface area contributed by atoms with Crippen LogP contribution in [0.25, 0.3) is 0 Å². The second-order valence-corrected chi connectivity index (χ2v) is 16.3. The van der Waals surface area contributed by atoms with Crippen LogP contribution in [0.3, 0.4) is 0 Å². The van der Waals surface area contributed by atoms with Crippen molar-refractivity contribution in [2.45, 2.75) is 77.4 Å². The number of alkyl carbamates (subject to hydrolysis) is 1. The van der Waals surface area contributed by atoms with Crippen molar-refractivity contribution < 1.29 is 18.8 Å². The highest BCUT2D eigenvalue weighted by molar-refractivity contribution is 6.74. The van der Waals surface area contributed by atoms with Gasteiger partial charge in [0.2, 0.25) is 0 Å². The fourth-order valence-electron chi connectivity index (χ4n) is 3.32. The molecule has 0 aliphatic carbocycles. The van der Waals surface area contributed by atoms with E-state index in [0.717, 1.165) is 0 Å². The molecule has 1 fully saturated rings. The first-order valence-electron chi connectivity index (χ1n) is 11.5. The van der Waals surface area contributed by atoms with Crippen LogP contribution >= 0.6 is 11.6 Å². The molecule has 1 aliphatic heterocycles. The summed E-state index contributed by atoms with van der Waals surface area (Å²) >= 11 is 5.98. The fourth-order valence-corrected chi connectivity index (χ4v) is 4.80. The standard InChI is InChI=1S/C24H40ClN3O4Si/c1-23(2,3)31-22(30)27-14-13-26-19-15-28(21(29)17-9-11-18(25)12-10-17)16-20(19)32-33(7,8)24(4,5)6/h9-12,19-20,26H,13-16H2,1-8H3,(H,27,30). The average molecular weight is 498 g/mol. The van der Waals surface area contributed by atoms with Crippen molar-refractivity contribution in [1.82, 2.24) is 15.5 Å². The van der Waals surface area contributed by atoms with E-state index in [2.05, 4.69) is 44.5 Å². The molecule has 2 amide bonds. The number of nitrogens with one attached hydrogen (secondary N) is 2. The number of benzene rings is 1. The smallest absolute Gasteiger partial charge is 0.407 e. The van der Waals surface area contributed by atoms with Gasteiger partial charge in [-0.1, -0.05) is 32.4 Å². The van der Waals surface area contributed by atoms with Gasteiger partial charge in [0, 0.05) is 36.8 Å². The normalized spacial score (nSPS) is 19.5. The molecule has 1 aromatic carbocycles. The summed E-state index contributed by atoms with van der Waals surface area (Å²) in [7, 11) is -2.04. The lowest BCUT2D eigenvalue weighted by atomic mass is 10.2. The number of carbonyl (C=O) groups is 2. The summed E-state index contributed by atoms with van der Waals surface area (Å²) in [5, 5.41) is 6.91. The number of rotatable bonds is 7. The molecule has 7 nitrogen and oxygen atoms in total. The third-order valence-corrected chi connectivity index (χ3v) is 10.9. The highest BCUT2D eigenvalue weighted by atomic mass is 35.5. The largest absolute Gasteiger partial charge is 0.444 e. The van der Waals surface area contributed by atoms with Gasteiger partial charge in [-0.15, -0.1) is 0 Å². The van der Waals surface area contributed by atoms with Crippen LogP contribution in [0.4, 0.5) is 4.79 Å². The van der Waals surface area contributed by atoms with E-state index in [4.69, 9.17) is 20.8 Å². The van der Waals surface area contributed by atoms with Gasteiger partial charge in [-0.3, -0.25) is 4.79 Å². The quantitative estimate of drug-likeness (QED) is 0.422. The molecule has 2 N–H and O–H groups in total. The van der Waals surface area contributed by atoms with Gasteiger partial charge in [-0.05, 0) is 63.2 Å². The Morgan fingerprint density at radius 2 is 1.67 bits per heavy atom. The molecule has 0 radical (unpaired) electrons. The Labute approximate surface area is 204 Å². The fraction of sp³-hybridized carbons (Fsp3) is 0.667. The number of likely N-dealkylation sites (tertiary alicyclic amines) is 1. The van der Waals surface area contributed by atoms with E-state index in [-0.39, 0.29) is 23.1 Å². The number of halogens is 1. The van der Waals surface area contributed by atoms with Crippen molar-refractivity contribution in [3.05, 3.63) is 34.9 Å². The van der Waals surface area contributed by atoms with E-state index < -0.39 is 20.0 Å². The molecule has 186 valence electrons. The molecule has 1 aromatic rings. The molecule has 0 spiro atoms. The number of hydrogen-bond donors (Lipinski definition) is 2. The lowest BCUT2D eigenvalue weighted by molar-refractivity contribution is 0.0527. The van der Waals surface area contributed by atoms with Crippen LogP contribution in [0.2, 0.25) is 23.2 Å². The lowest BCUT2D eigenvalue weighted by Gasteiger charge is -2.39. The molecule has 1 heterocycles. The van der Waals surface area contributed by atoms with Gasteiger partial charge in [0.25, 0.3) is 5.91 Å². The second-order valence-electron chi connectivity index (χ2n) is 11.1. The minimum absolute atomic E-state index is 0.0317. The molecule has 9 heteroatoms. The van der Waals surface area contributed by atoms with Crippen molar-refractivity contribution >= 4 is 31.9 Å². The van der Waals surface area contributed by atoms with Crippen LogP contribution in [0.5, 0.6) is 0 Å². The van der Waals surface area contributed by atoms with Gasteiger partial charge in [-0.25, -0.2) is 4.79 Å². The number of hydrogen-bond acceptors (Lipinski definition) is 5. The Balaban J connectivity index is 2.04. The zero-order chi connectivity index (χ0) is 25.0. The third kappa shape index (κ3) is 8.28. The first-order valence-corrected chi connectivity index (χ1v) is 14.8. The number of nitrogens with zero attached hydrogens (tertiary/aromatic N) is 1. The van der Waals surface area contributed by atoms with E-state index in [0.29, 0.717) is 36.8 Å². The van der Waals surface area contributed by atoms with E-state index >= 15 is 0 Å². The third-order valence-electron chi connectivity index (χ3n) is 6.10. The highest BCUT2D eigenvalue weighted by Crippen LogP contribution is 2.38. The van der Waals surface area contributed by atoms with E-state index in [9.17, 15) is 9.59 Å². The van der Waals surface area contributed by atoms with Crippen molar-refractivity contribution in [3.63, 3.8) is 0 Å². The summed E-state index contributed by atoms with van der Waals surface area (Å²) < 4.78 is 12.0. The number of ether oxygens (including phenoxy) is 1. The molecule has 2 atom stereocenters. The van der Waals surface area contributed by atoms with E-state index in [1.165, 1.54) is 0 Å². The molecular formula is C24H40ClN3O4Si. The summed E-state index contributed by atoms with van der Waals surface area (Å²) in [5.41, 5.74) is 0.0749. The minimum atomic E-state index is -2.04. The summed E-state index contributed by atoms with van der Waals surface area (Å²) in [6, 6.07) is 6.93. The van der Waals surface area contributed by atoms with E-state index in [1.807, 2.05) is 25.7 Å². The summed E-state index contributed by atoms with van der Waals surface area (Å²) in [5.74, 6) is -0.0355. The van der Waals surface area contributed by atoms with Gasteiger partial charge in [0.1, 0.15) is 5.60 Å². The van der Waals surface area contributed by atoms with Crippen molar-refractivity contribution in [2.24, 2.45) is 0 Å². The zero-order valence-electron chi connectivity index (χ0n) is 21.3. The van der Waals surface area contributed by atoms with Crippen LogP contribution < -0.4 is 10.6 Å². The van der Waals surface area contributed by atoms with Gasteiger partial charge >= 0.3 is 6.09 Å². The SMILES string of the molecule is CC(C)(C)OC(=O)NCCNC1CN(C(=O)c2ccc(Cl)cc2)CC1O[Si](C)(C)C(C)(C)C. The molecule has 2 rings (SSSR count). The molecule has 0 saturated carbocycles. The Hall–Kier alpha value is -1.61. The predicted molar refractivity (Wildman–Crippen MR) is 135 cm³/mol.